The van der Waals surface area contributed by atoms with Crippen molar-refractivity contribution in [3.8, 4) is 5.75 Å². The van der Waals surface area contributed by atoms with Gasteiger partial charge in [-0.05, 0) is 42.2 Å². The third kappa shape index (κ3) is 2.96. The van der Waals surface area contributed by atoms with Crippen LogP contribution in [0.4, 0.5) is 8.78 Å². The SMILES string of the molecule is COc1cccc(CC(N)c2ccc(F)c(C)c2)c1F. The fraction of sp³-hybridized carbons (Fsp3) is 0.250. The standard InChI is InChI=1S/C16H17F2NO/c1-10-8-11(6-7-13(10)17)14(19)9-12-4-3-5-15(20-2)16(12)18/h3-8,14H,9,19H2,1-2H3. The average molecular weight is 277 g/mol. The molecule has 0 amide bonds. The van der Waals surface area contributed by atoms with Crippen LogP contribution in [0.5, 0.6) is 5.75 Å². The van der Waals surface area contributed by atoms with E-state index in [9.17, 15) is 8.78 Å². The monoisotopic (exact) mass is 277 g/mol. The van der Waals surface area contributed by atoms with Crippen LogP contribution in [-0.4, -0.2) is 7.11 Å². The van der Waals surface area contributed by atoms with Gasteiger partial charge in [0.25, 0.3) is 0 Å². The zero-order chi connectivity index (χ0) is 14.7. The summed E-state index contributed by atoms with van der Waals surface area (Å²) in [6.45, 7) is 1.68. The summed E-state index contributed by atoms with van der Waals surface area (Å²) in [4.78, 5) is 0. The van der Waals surface area contributed by atoms with E-state index >= 15 is 0 Å². The van der Waals surface area contributed by atoms with Crippen molar-refractivity contribution in [2.45, 2.75) is 19.4 Å². The molecule has 0 aromatic heterocycles. The Morgan fingerprint density at radius 3 is 2.60 bits per heavy atom. The summed E-state index contributed by atoms with van der Waals surface area (Å²) < 4.78 is 32.2. The lowest BCUT2D eigenvalue weighted by Gasteiger charge is -2.14. The van der Waals surface area contributed by atoms with Crippen LogP contribution in [0.25, 0.3) is 0 Å². The van der Waals surface area contributed by atoms with Crippen molar-refractivity contribution in [3.63, 3.8) is 0 Å². The van der Waals surface area contributed by atoms with Gasteiger partial charge in [0.05, 0.1) is 7.11 Å². The van der Waals surface area contributed by atoms with Gasteiger partial charge in [-0.3, -0.25) is 0 Å². The molecule has 20 heavy (non-hydrogen) atoms. The van der Waals surface area contributed by atoms with Crippen LogP contribution >= 0.6 is 0 Å². The predicted octanol–water partition coefficient (Wildman–Crippen LogP) is 3.52. The molecule has 0 saturated carbocycles. The van der Waals surface area contributed by atoms with E-state index in [1.165, 1.54) is 13.2 Å². The molecule has 2 aromatic rings. The van der Waals surface area contributed by atoms with Gasteiger partial charge in [-0.1, -0.05) is 24.3 Å². The van der Waals surface area contributed by atoms with E-state index in [0.29, 0.717) is 17.5 Å². The Balaban J connectivity index is 2.23. The highest BCUT2D eigenvalue weighted by Crippen LogP contribution is 2.24. The quantitative estimate of drug-likeness (QED) is 0.928. The van der Waals surface area contributed by atoms with Crippen LogP contribution in [0.2, 0.25) is 0 Å². The predicted molar refractivity (Wildman–Crippen MR) is 74.7 cm³/mol. The van der Waals surface area contributed by atoms with Gasteiger partial charge >= 0.3 is 0 Å². The molecule has 2 aromatic carbocycles. The molecule has 2 nitrogen and oxygen atoms in total. The largest absolute Gasteiger partial charge is 0.494 e. The lowest BCUT2D eigenvalue weighted by molar-refractivity contribution is 0.383. The first-order valence-corrected chi connectivity index (χ1v) is 6.36. The normalized spacial score (nSPS) is 12.2. The van der Waals surface area contributed by atoms with Gasteiger partial charge in [-0.2, -0.15) is 0 Å². The minimum Gasteiger partial charge on any atom is -0.494 e. The van der Waals surface area contributed by atoms with Crippen molar-refractivity contribution in [1.29, 1.82) is 0 Å². The zero-order valence-electron chi connectivity index (χ0n) is 11.5. The number of benzene rings is 2. The summed E-state index contributed by atoms with van der Waals surface area (Å²) in [5.41, 5.74) is 7.88. The number of nitrogens with two attached hydrogens (primary N) is 1. The second kappa shape index (κ2) is 6.01. The molecule has 2 N–H and O–H groups in total. The Bertz CT molecular complexity index is 613. The highest BCUT2D eigenvalue weighted by atomic mass is 19.1. The molecular weight excluding hydrogens is 260 g/mol. The highest BCUT2D eigenvalue weighted by molar-refractivity contribution is 5.33. The van der Waals surface area contributed by atoms with E-state index in [-0.39, 0.29) is 11.6 Å². The molecule has 2 rings (SSSR count). The van der Waals surface area contributed by atoms with Gasteiger partial charge in [0.1, 0.15) is 5.82 Å². The molecule has 0 heterocycles. The van der Waals surface area contributed by atoms with Gasteiger partial charge in [0.2, 0.25) is 0 Å². The van der Waals surface area contributed by atoms with E-state index in [0.717, 1.165) is 5.56 Å². The smallest absolute Gasteiger partial charge is 0.168 e. The van der Waals surface area contributed by atoms with Crippen LogP contribution in [0, 0.1) is 18.6 Å². The summed E-state index contributed by atoms with van der Waals surface area (Å²) in [6.07, 6.45) is 0.327. The van der Waals surface area contributed by atoms with Gasteiger partial charge in [-0.25, -0.2) is 8.78 Å². The number of methoxy groups -OCH3 is 1. The number of hydrogen-bond acceptors (Lipinski definition) is 2. The van der Waals surface area contributed by atoms with E-state index in [4.69, 9.17) is 10.5 Å². The average Bonchev–Trinajstić information content (AvgIpc) is 2.44. The molecule has 106 valence electrons. The Hall–Kier alpha value is -1.94. The Morgan fingerprint density at radius 1 is 1.20 bits per heavy atom. The maximum absolute atomic E-state index is 14.1. The number of hydrogen-bond donors (Lipinski definition) is 1. The molecular formula is C16H17F2NO. The van der Waals surface area contributed by atoms with E-state index in [2.05, 4.69) is 0 Å². The minimum absolute atomic E-state index is 0.199. The maximum atomic E-state index is 14.1. The second-order valence-electron chi connectivity index (χ2n) is 4.75. The molecule has 4 heteroatoms. The molecule has 0 aliphatic rings. The molecule has 0 aliphatic carbocycles. The fourth-order valence-corrected chi connectivity index (χ4v) is 2.12. The van der Waals surface area contributed by atoms with Gasteiger partial charge in [0.15, 0.2) is 11.6 Å². The second-order valence-corrected chi connectivity index (χ2v) is 4.75. The Labute approximate surface area is 117 Å². The molecule has 0 spiro atoms. The molecule has 1 atom stereocenters. The third-order valence-corrected chi connectivity index (χ3v) is 3.31. The first-order chi connectivity index (χ1) is 9.52. The molecule has 0 bridgehead atoms. The summed E-state index contributed by atoms with van der Waals surface area (Å²) in [5, 5.41) is 0. The molecule has 0 saturated heterocycles. The molecule has 1 unspecified atom stereocenters. The lowest BCUT2D eigenvalue weighted by atomic mass is 9.98. The van der Waals surface area contributed by atoms with E-state index < -0.39 is 11.9 Å². The molecule has 0 fully saturated rings. The topological polar surface area (TPSA) is 35.2 Å². The van der Waals surface area contributed by atoms with Crippen LogP contribution in [0.15, 0.2) is 36.4 Å². The van der Waals surface area contributed by atoms with E-state index in [1.807, 2.05) is 0 Å². The summed E-state index contributed by atoms with van der Waals surface area (Å²) in [5.74, 6) is -0.470. The molecule has 0 radical (unpaired) electrons. The Morgan fingerprint density at radius 2 is 1.95 bits per heavy atom. The number of aryl methyl sites for hydroxylation is 1. The van der Waals surface area contributed by atoms with Gasteiger partial charge in [0, 0.05) is 6.04 Å². The number of rotatable bonds is 4. The lowest BCUT2D eigenvalue weighted by Crippen LogP contribution is -2.14. The van der Waals surface area contributed by atoms with Crippen LogP contribution in [0.1, 0.15) is 22.7 Å². The maximum Gasteiger partial charge on any atom is 0.168 e. The van der Waals surface area contributed by atoms with Crippen molar-refractivity contribution in [1.82, 2.24) is 0 Å². The zero-order valence-corrected chi connectivity index (χ0v) is 11.5. The third-order valence-electron chi connectivity index (χ3n) is 3.31. The first-order valence-electron chi connectivity index (χ1n) is 6.36. The highest BCUT2D eigenvalue weighted by Gasteiger charge is 2.14. The molecule has 0 aliphatic heterocycles. The summed E-state index contributed by atoms with van der Waals surface area (Å²) in [7, 11) is 1.42. The van der Waals surface area contributed by atoms with Gasteiger partial charge < -0.3 is 10.5 Å². The van der Waals surface area contributed by atoms with Crippen molar-refractivity contribution >= 4 is 0 Å². The van der Waals surface area contributed by atoms with Crippen molar-refractivity contribution < 1.29 is 13.5 Å². The van der Waals surface area contributed by atoms with Crippen LogP contribution < -0.4 is 10.5 Å². The van der Waals surface area contributed by atoms with Crippen LogP contribution in [-0.2, 0) is 6.42 Å². The number of halogens is 2. The Kier molecular flexibility index (Phi) is 4.35. The summed E-state index contributed by atoms with van der Waals surface area (Å²) >= 11 is 0. The van der Waals surface area contributed by atoms with Gasteiger partial charge in [-0.15, -0.1) is 0 Å². The van der Waals surface area contributed by atoms with Crippen molar-refractivity contribution in [3.05, 3.63) is 64.7 Å². The van der Waals surface area contributed by atoms with Crippen LogP contribution in [0.3, 0.4) is 0 Å². The van der Waals surface area contributed by atoms with Crippen molar-refractivity contribution in [2.24, 2.45) is 5.73 Å². The van der Waals surface area contributed by atoms with Crippen molar-refractivity contribution in [2.75, 3.05) is 7.11 Å². The first kappa shape index (κ1) is 14.5. The fourth-order valence-electron chi connectivity index (χ4n) is 2.12. The minimum atomic E-state index is -0.399. The number of ether oxygens (including phenoxy) is 1. The van der Waals surface area contributed by atoms with E-state index in [1.54, 1.807) is 37.3 Å². The summed E-state index contributed by atoms with van der Waals surface area (Å²) in [6, 6.07) is 9.27.